The Bertz CT molecular complexity index is 742. The molecular formula is C18H27ClN2O4S. The fourth-order valence-electron chi connectivity index (χ4n) is 3.22. The van der Waals surface area contributed by atoms with Crippen molar-refractivity contribution in [2.75, 3.05) is 26.7 Å². The molecular weight excluding hydrogens is 376 g/mol. The van der Waals surface area contributed by atoms with Crippen LogP contribution in [0.15, 0.2) is 23.1 Å². The largest absolute Gasteiger partial charge is 0.465 e. The molecule has 8 heteroatoms. The predicted molar refractivity (Wildman–Crippen MR) is 102 cm³/mol. The van der Waals surface area contributed by atoms with Gasteiger partial charge >= 0.3 is 5.97 Å². The zero-order valence-electron chi connectivity index (χ0n) is 15.2. The molecule has 1 aliphatic carbocycles. The highest BCUT2D eigenvalue weighted by Gasteiger charge is 2.31. The van der Waals surface area contributed by atoms with Crippen molar-refractivity contribution in [3.8, 4) is 0 Å². The van der Waals surface area contributed by atoms with Crippen molar-refractivity contribution in [3.05, 3.63) is 29.3 Å². The first-order chi connectivity index (χ1) is 11.9. The van der Waals surface area contributed by atoms with Gasteiger partial charge in [-0.25, -0.2) is 13.2 Å². The molecule has 2 fully saturated rings. The summed E-state index contributed by atoms with van der Waals surface area (Å²) in [5.41, 5.74) is 0.897. The lowest BCUT2D eigenvalue weighted by Crippen LogP contribution is -2.45. The molecule has 146 valence electrons. The summed E-state index contributed by atoms with van der Waals surface area (Å²) in [6, 6.07) is 5.07. The predicted octanol–water partition coefficient (Wildman–Crippen LogP) is 2.36. The summed E-state index contributed by atoms with van der Waals surface area (Å²) in [5.74, 6) is 0.296. The van der Waals surface area contributed by atoms with Gasteiger partial charge in [-0.2, -0.15) is 4.31 Å². The third kappa shape index (κ3) is 4.76. The smallest absolute Gasteiger partial charge is 0.337 e. The molecule has 2 aliphatic rings. The van der Waals surface area contributed by atoms with Crippen LogP contribution in [0.4, 0.5) is 0 Å². The highest BCUT2D eigenvalue weighted by Crippen LogP contribution is 2.29. The molecule has 1 heterocycles. The van der Waals surface area contributed by atoms with Gasteiger partial charge in [-0.1, -0.05) is 6.07 Å². The van der Waals surface area contributed by atoms with Crippen LogP contribution in [-0.2, 0) is 14.8 Å². The number of nitrogens with zero attached hydrogens (tertiary/aromatic N) is 1. The second-order valence-electron chi connectivity index (χ2n) is 7.00. The minimum Gasteiger partial charge on any atom is -0.465 e. The number of benzene rings is 1. The first-order valence-electron chi connectivity index (χ1n) is 8.84. The number of hydrogen-bond donors (Lipinski definition) is 1. The summed E-state index contributed by atoms with van der Waals surface area (Å²) in [4.78, 5) is 11.9. The van der Waals surface area contributed by atoms with Crippen LogP contribution >= 0.6 is 12.4 Å². The fourth-order valence-corrected chi connectivity index (χ4v) is 4.94. The Morgan fingerprint density at radius 2 is 1.88 bits per heavy atom. The van der Waals surface area contributed by atoms with Crippen LogP contribution in [0.5, 0.6) is 0 Å². The summed E-state index contributed by atoms with van der Waals surface area (Å²) in [7, 11) is -2.31. The minimum atomic E-state index is -3.60. The van der Waals surface area contributed by atoms with E-state index in [1.165, 1.54) is 30.3 Å². The number of ether oxygens (including phenoxy) is 1. The highest BCUT2D eigenvalue weighted by atomic mass is 35.5. The summed E-state index contributed by atoms with van der Waals surface area (Å²) in [5, 5.41) is 3.56. The van der Waals surface area contributed by atoms with Gasteiger partial charge in [-0.3, -0.25) is 0 Å². The van der Waals surface area contributed by atoms with E-state index < -0.39 is 16.0 Å². The molecule has 1 N–H and O–H groups in total. The van der Waals surface area contributed by atoms with E-state index in [0.717, 1.165) is 25.3 Å². The molecule has 0 spiro atoms. The summed E-state index contributed by atoms with van der Waals surface area (Å²) in [6.07, 6.45) is 4.27. The molecule has 0 radical (unpaired) electrons. The lowest BCUT2D eigenvalue weighted by Gasteiger charge is -2.32. The molecule has 0 amide bonds. The monoisotopic (exact) mass is 402 g/mol. The van der Waals surface area contributed by atoms with Crippen LogP contribution in [0.25, 0.3) is 0 Å². The summed E-state index contributed by atoms with van der Waals surface area (Å²) >= 11 is 0. The Balaban J connectivity index is 0.00000243. The van der Waals surface area contributed by atoms with Gasteiger partial charge in [-0.15, -0.1) is 12.4 Å². The number of halogens is 1. The molecule has 0 atom stereocenters. The SMILES string of the molecule is COC(=O)c1ccc(C)c(S(=O)(=O)N2CCC(NCC3CC3)CC2)c1.Cl. The van der Waals surface area contributed by atoms with Crippen molar-refractivity contribution in [2.45, 2.75) is 43.5 Å². The number of esters is 1. The van der Waals surface area contributed by atoms with E-state index in [1.54, 1.807) is 19.1 Å². The van der Waals surface area contributed by atoms with Gasteiger partial charge in [0.1, 0.15) is 0 Å². The summed E-state index contributed by atoms with van der Waals surface area (Å²) in [6.45, 7) is 3.81. The first kappa shape index (κ1) is 21.2. The maximum atomic E-state index is 13.0. The normalized spacial score (nSPS) is 19.0. The van der Waals surface area contributed by atoms with Crippen molar-refractivity contribution in [1.29, 1.82) is 0 Å². The number of carbonyl (C=O) groups excluding carboxylic acids is 1. The second-order valence-corrected chi connectivity index (χ2v) is 8.91. The third-order valence-corrected chi connectivity index (χ3v) is 7.11. The molecule has 1 aliphatic heterocycles. The number of piperidine rings is 1. The van der Waals surface area contributed by atoms with Crippen molar-refractivity contribution < 1.29 is 17.9 Å². The van der Waals surface area contributed by atoms with E-state index >= 15 is 0 Å². The Labute approximate surface area is 161 Å². The number of nitrogens with one attached hydrogen (secondary N) is 1. The van der Waals surface area contributed by atoms with Crippen molar-refractivity contribution in [3.63, 3.8) is 0 Å². The van der Waals surface area contributed by atoms with Crippen LogP contribution in [0.1, 0.15) is 41.6 Å². The average molecular weight is 403 g/mol. The molecule has 3 rings (SSSR count). The zero-order chi connectivity index (χ0) is 18.0. The first-order valence-corrected chi connectivity index (χ1v) is 10.3. The molecule has 6 nitrogen and oxygen atoms in total. The van der Waals surface area contributed by atoms with Crippen LogP contribution in [0, 0.1) is 12.8 Å². The average Bonchev–Trinajstić information content (AvgIpc) is 3.44. The number of hydrogen-bond acceptors (Lipinski definition) is 5. The molecule has 1 saturated heterocycles. The molecule has 1 aromatic carbocycles. The van der Waals surface area contributed by atoms with Gasteiger partial charge in [0.15, 0.2) is 0 Å². The molecule has 0 aromatic heterocycles. The Morgan fingerprint density at radius 1 is 1.23 bits per heavy atom. The van der Waals surface area contributed by atoms with Crippen LogP contribution < -0.4 is 5.32 Å². The van der Waals surface area contributed by atoms with Gasteiger partial charge < -0.3 is 10.1 Å². The van der Waals surface area contributed by atoms with E-state index in [9.17, 15) is 13.2 Å². The Morgan fingerprint density at radius 3 is 2.46 bits per heavy atom. The van der Waals surface area contributed by atoms with Crippen LogP contribution in [0.3, 0.4) is 0 Å². The van der Waals surface area contributed by atoms with E-state index in [-0.39, 0.29) is 22.9 Å². The maximum absolute atomic E-state index is 13.0. The Hall–Kier alpha value is -1.15. The van der Waals surface area contributed by atoms with Crippen molar-refractivity contribution in [2.24, 2.45) is 5.92 Å². The summed E-state index contributed by atoms with van der Waals surface area (Å²) < 4.78 is 32.2. The van der Waals surface area contributed by atoms with E-state index in [0.29, 0.717) is 24.7 Å². The van der Waals surface area contributed by atoms with Crippen LogP contribution in [-0.4, -0.2) is 51.5 Å². The van der Waals surface area contributed by atoms with Crippen LogP contribution in [0.2, 0.25) is 0 Å². The lowest BCUT2D eigenvalue weighted by atomic mass is 10.1. The number of sulfonamides is 1. The zero-order valence-corrected chi connectivity index (χ0v) is 16.9. The standard InChI is InChI=1S/C18H26N2O4S.ClH/c1-13-3-6-15(18(21)24-2)11-17(13)25(22,23)20-9-7-16(8-10-20)19-12-14-4-5-14;/h3,6,11,14,16,19H,4-5,7-10,12H2,1-2H3;1H. The minimum absolute atomic E-state index is 0. The van der Waals surface area contributed by atoms with Gasteiger partial charge in [0.2, 0.25) is 10.0 Å². The van der Waals surface area contributed by atoms with E-state index in [2.05, 4.69) is 5.32 Å². The van der Waals surface area contributed by atoms with Crippen molar-refractivity contribution >= 4 is 28.4 Å². The Kier molecular flexibility index (Phi) is 7.07. The molecule has 1 aromatic rings. The fraction of sp³-hybridized carbons (Fsp3) is 0.611. The highest BCUT2D eigenvalue weighted by molar-refractivity contribution is 7.89. The molecule has 0 bridgehead atoms. The maximum Gasteiger partial charge on any atom is 0.337 e. The molecule has 0 unspecified atom stereocenters. The topological polar surface area (TPSA) is 75.7 Å². The van der Waals surface area contributed by atoms with Crippen molar-refractivity contribution in [1.82, 2.24) is 9.62 Å². The van der Waals surface area contributed by atoms with Gasteiger partial charge in [-0.05, 0) is 62.8 Å². The number of rotatable bonds is 6. The third-order valence-electron chi connectivity index (χ3n) is 5.07. The van der Waals surface area contributed by atoms with Gasteiger partial charge in [0.05, 0.1) is 17.6 Å². The number of methoxy groups -OCH3 is 1. The number of aryl methyl sites for hydroxylation is 1. The van der Waals surface area contributed by atoms with E-state index in [4.69, 9.17) is 4.74 Å². The lowest BCUT2D eigenvalue weighted by molar-refractivity contribution is 0.0600. The van der Waals surface area contributed by atoms with E-state index in [1.807, 2.05) is 0 Å². The molecule has 1 saturated carbocycles. The molecule has 26 heavy (non-hydrogen) atoms. The quantitative estimate of drug-likeness (QED) is 0.739. The van der Waals surface area contributed by atoms with Gasteiger partial charge in [0, 0.05) is 19.1 Å². The second kappa shape index (κ2) is 8.69. The van der Waals surface area contributed by atoms with Gasteiger partial charge in [0.25, 0.3) is 0 Å². The number of carbonyl (C=O) groups is 1.